The second-order valence-electron chi connectivity index (χ2n) is 6.05. The summed E-state index contributed by atoms with van der Waals surface area (Å²) in [7, 11) is 0. The molecule has 4 heteroatoms. The minimum absolute atomic E-state index is 0.302. The third kappa shape index (κ3) is 3.70. The van der Waals surface area contributed by atoms with Crippen LogP contribution in [0.15, 0.2) is 48.5 Å². The molecule has 1 aliphatic rings. The van der Waals surface area contributed by atoms with Crippen molar-refractivity contribution < 1.29 is 9.18 Å². The van der Waals surface area contributed by atoms with E-state index in [1.807, 2.05) is 24.3 Å². The molecule has 3 nitrogen and oxygen atoms in total. The Labute approximate surface area is 136 Å². The van der Waals surface area contributed by atoms with E-state index >= 15 is 0 Å². The maximum atomic E-state index is 13.2. The fourth-order valence-electron chi connectivity index (χ4n) is 3.05. The van der Waals surface area contributed by atoms with Crippen LogP contribution < -0.4 is 10.2 Å². The summed E-state index contributed by atoms with van der Waals surface area (Å²) >= 11 is 0. The highest BCUT2D eigenvalue weighted by atomic mass is 19.1. The van der Waals surface area contributed by atoms with E-state index < -0.39 is 5.82 Å². The second kappa shape index (κ2) is 6.82. The summed E-state index contributed by atoms with van der Waals surface area (Å²) in [6, 6.07) is 14.1. The summed E-state index contributed by atoms with van der Waals surface area (Å²) < 4.78 is 13.2. The van der Waals surface area contributed by atoms with Crippen LogP contribution in [0.4, 0.5) is 15.8 Å². The topological polar surface area (TPSA) is 32.3 Å². The van der Waals surface area contributed by atoms with Gasteiger partial charge >= 0.3 is 0 Å². The number of carbonyl (C=O) groups excluding carboxylic acids is 1. The zero-order chi connectivity index (χ0) is 16.2. The lowest BCUT2D eigenvalue weighted by Gasteiger charge is -2.35. The normalized spacial score (nSPS) is 17.8. The molecule has 0 aromatic heterocycles. The number of nitrogens with one attached hydrogen (secondary N) is 1. The van der Waals surface area contributed by atoms with Crippen molar-refractivity contribution in [3.8, 4) is 0 Å². The number of benzene rings is 2. The number of nitrogens with zero attached hydrogens (tertiary/aromatic N) is 1. The lowest BCUT2D eigenvalue weighted by Crippen LogP contribution is -2.37. The van der Waals surface area contributed by atoms with E-state index in [2.05, 4.69) is 17.1 Å². The number of carbonyl (C=O) groups is 1. The molecule has 120 valence electrons. The van der Waals surface area contributed by atoms with Gasteiger partial charge in [-0.3, -0.25) is 4.79 Å². The Morgan fingerprint density at radius 3 is 2.65 bits per heavy atom. The van der Waals surface area contributed by atoms with Crippen LogP contribution in [-0.2, 0) is 0 Å². The molecule has 0 radical (unpaired) electrons. The Morgan fingerprint density at radius 1 is 1.17 bits per heavy atom. The predicted molar refractivity (Wildman–Crippen MR) is 91.5 cm³/mol. The van der Waals surface area contributed by atoms with Crippen molar-refractivity contribution in [3.05, 3.63) is 59.9 Å². The zero-order valence-electron chi connectivity index (χ0n) is 13.3. The van der Waals surface area contributed by atoms with Crippen LogP contribution >= 0.6 is 0 Å². The molecule has 1 aliphatic heterocycles. The van der Waals surface area contributed by atoms with Crippen molar-refractivity contribution in [2.24, 2.45) is 0 Å². The van der Waals surface area contributed by atoms with E-state index in [0.717, 1.165) is 6.54 Å². The number of rotatable bonds is 3. The smallest absolute Gasteiger partial charge is 0.255 e. The van der Waals surface area contributed by atoms with Gasteiger partial charge in [0.2, 0.25) is 0 Å². The van der Waals surface area contributed by atoms with Crippen molar-refractivity contribution in [1.29, 1.82) is 0 Å². The number of amides is 1. The molecule has 1 fully saturated rings. The standard InChI is InChI=1S/C19H21FN2O/c1-14-5-2-3-12-22(14)18-10-8-17(9-11-18)21-19(23)15-6-4-7-16(20)13-15/h4,6-11,13-14H,2-3,5,12H2,1H3,(H,21,23). The Hall–Kier alpha value is -2.36. The van der Waals surface area contributed by atoms with E-state index in [9.17, 15) is 9.18 Å². The molecule has 3 rings (SSSR count). The maximum Gasteiger partial charge on any atom is 0.255 e. The molecule has 2 aromatic rings. The number of hydrogen-bond donors (Lipinski definition) is 1. The van der Waals surface area contributed by atoms with Gasteiger partial charge in [0.15, 0.2) is 0 Å². The molecule has 0 aliphatic carbocycles. The van der Waals surface area contributed by atoms with Gasteiger partial charge in [-0.15, -0.1) is 0 Å². The minimum atomic E-state index is -0.410. The van der Waals surface area contributed by atoms with Crippen molar-refractivity contribution in [1.82, 2.24) is 0 Å². The first-order chi connectivity index (χ1) is 11.1. The molecule has 1 heterocycles. The molecule has 2 aromatic carbocycles. The summed E-state index contributed by atoms with van der Waals surface area (Å²) in [6.45, 7) is 3.33. The summed E-state index contributed by atoms with van der Waals surface area (Å²) in [5.41, 5.74) is 2.22. The van der Waals surface area contributed by atoms with Crippen molar-refractivity contribution in [2.75, 3.05) is 16.8 Å². The van der Waals surface area contributed by atoms with Gasteiger partial charge in [-0.25, -0.2) is 4.39 Å². The van der Waals surface area contributed by atoms with E-state index in [0.29, 0.717) is 17.3 Å². The molecule has 1 atom stereocenters. The summed E-state index contributed by atoms with van der Waals surface area (Å²) in [5, 5.41) is 2.80. The average Bonchev–Trinajstić information content (AvgIpc) is 2.56. The van der Waals surface area contributed by atoms with Gasteiger partial charge in [-0.2, -0.15) is 0 Å². The van der Waals surface area contributed by atoms with Crippen LogP contribution in [0.1, 0.15) is 36.5 Å². The van der Waals surface area contributed by atoms with Crippen molar-refractivity contribution in [3.63, 3.8) is 0 Å². The van der Waals surface area contributed by atoms with E-state index in [-0.39, 0.29) is 5.91 Å². The quantitative estimate of drug-likeness (QED) is 0.907. The van der Waals surface area contributed by atoms with Crippen LogP contribution in [0.5, 0.6) is 0 Å². The van der Waals surface area contributed by atoms with Crippen LogP contribution in [0.2, 0.25) is 0 Å². The van der Waals surface area contributed by atoms with Crippen molar-refractivity contribution >= 4 is 17.3 Å². The molecule has 1 unspecified atom stereocenters. The number of halogens is 1. The third-order valence-electron chi connectivity index (χ3n) is 4.35. The molecular formula is C19H21FN2O. The highest BCUT2D eigenvalue weighted by Crippen LogP contribution is 2.25. The first-order valence-electron chi connectivity index (χ1n) is 8.07. The van der Waals surface area contributed by atoms with Gasteiger partial charge in [0, 0.05) is 29.5 Å². The van der Waals surface area contributed by atoms with Crippen molar-refractivity contribution in [2.45, 2.75) is 32.2 Å². The molecule has 1 N–H and O–H groups in total. The number of anilines is 2. The van der Waals surface area contributed by atoms with Gasteiger partial charge in [-0.1, -0.05) is 6.07 Å². The van der Waals surface area contributed by atoms with E-state index in [1.165, 1.54) is 43.1 Å². The summed E-state index contributed by atoms with van der Waals surface area (Å²) in [5.74, 6) is -0.712. The van der Waals surface area contributed by atoms with Crippen LogP contribution in [0, 0.1) is 5.82 Å². The van der Waals surface area contributed by atoms with Gasteiger partial charge in [-0.05, 0) is 68.7 Å². The average molecular weight is 312 g/mol. The first kappa shape index (κ1) is 15.5. The largest absolute Gasteiger partial charge is 0.369 e. The third-order valence-corrected chi connectivity index (χ3v) is 4.35. The fraction of sp³-hybridized carbons (Fsp3) is 0.316. The molecule has 1 amide bonds. The molecular weight excluding hydrogens is 291 g/mol. The Morgan fingerprint density at radius 2 is 1.96 bits per heavy atom. The summed E-state index contributed by atoms with van der Waals surface area (Å²) in [4.78, 5) is 14.5. The number of hydrogen-bond acceptors (Lipinski definition) is 2. The molecule has 0 bridgehead atoms. The maximum absolute atomic E-state index is 13.2. The van der Waals surface area contributed by atoms with Gasteiger partial charge in [0.05, 0.1) is 0 Å². The van der Waals surface area contributed by atoms with Gasteiger partial charge < -0.3 is 10.2 Å². The zero-order valence-corrected chi connectivity index (χ0v) is 13.3. The highest BCUT2D eigenvalue weighted by Gasteiger charge is 2.18. The van der Waals surface area contributed by atoms with Crippen LogP contribution in [0.3, 0.4) is 0 Å². The fourth-order valence-corrected chi connectivity index (χ4v) is 3.05. The lowest BCUT2D eigenvalue weighted by atomic mass is 10.0. The molecule has 0 saturated carbocycles. The minimum Gasteiger partial charge on any atom is -0.369 e. The number of piperidine rings is 1. The highest BCUT2D eigenvalue weighted by molar-refractivity contribution is 6.04. The van der Waals surface area contributed by atoms with Gasteiger partial charge in [0.25, 0.3) is 5.91 Å². The molecule has 23 heavy (non-hydrogen) atoms. The van der Waals surface area contributed by atoms with Crippen LogP contribution in [-0.4, -0.2) is 18.5 Å². The SMILES string of the molecule is CC1CCCCN1c1ccc(NC(=O)c2cccc(F)c2)cc1. The Balaban J connectivity index is 1.69. The predicted octanol–water partition coefficient (Wildman–Crippen LogP) is 4.46. The first-order valence-corrected chi connectivity index (χ1v) is 8.07. The Bertz CT molecular complexity index is 684. The summed E-state index contributed by atoms with van der Waals surface area (Å²) in [6.07, 6.45) is 3.74. The van der Waals surface area contributed by atoms with Gasteiger partial charge in [0.1, 0.15) is 5.82 Å². The second-order valence-corrected chi connectivity index (χ2v) is 6.05. The molecule has 0 spiro atoms. The van der Waals surface area contributed by atoms with Crippen LogP contribution in [0.25, 0.3) is 0 Å². The monoisotopic (exact) mass is 312 g/mol. The molecule has 1 saturated heterocycles. The lowest BCUT2D eigenvalue weighted by molar-refractivity contribution is 0.102. The van der Waals surface area contributed by atoms with E-state index in [1.54, 1.807) is 6.07 Å². The Kier molecular flexibility index (Phi) is 4.60. The van der Waals surface area contributed by atoms with E-state index in [4.69, 9.17) is 0 Å².